The lowest BCUT2D eigenvalue weighted by atomic mass is 10.3. The van der Waals surface area contributed by atoms with Gasteiger partial charge in [0, 0.05) is 26.3 Å². The van der Waals surface area contributed by atoms with Crippen LogP contribution in [0.5, 0.6) is 0 Å². The van der Waals surface area contributed by atoms with Crippen LogP contribution in [0.1, 0.15) is 6.42 Å². The number of H-pyrrole nitrogens is 1. The molecule has 0 saturated carbocycles. The summed E-state index contributed by atoms with van der Waals surface area (Å²) >= 11 is 0. The molecule has 0 radical (unpaired) electrons. The molecule has 0 aromatic carbocycles. The molecule has 5 heteroatoms. The van der Waals surface area contributed by atoms with Crippen molar-refractivity contribution in [1.29, 1.82) is 0 Å². The van der Waals surface area contributed by atoms with Crippen LogP contribution >= 0.6 is 0 Å². The van der Waals surface area contributed by atoms with Crippen LogP contribution in [0.2, 0.25) is 0 Å². The highest BCUT2D eigenvalue weighted by Gasteiger charge is 2.20. The molecule has 1 aromatic heterocycles. The summed E-state index contributed by atoms with van der Waals surface area (Å²) < 4.78 is 0. The third-order valence-corrected chi connectivity index (χ3v) is 1.99. The Labute approximate surface area is 77.0 Å². The highest BCUT2D eigenvalue weighted by Crippen LogP contribution is 2.16. The lowest BCUT2D eigenvalue weighted by molar-refractivity contribution is 0.198. The van der Waals surface area contributed by atoms with Crippen molar-refractivity contribution >= 4 is 5.82 Å². The molecular formula is C8H15N3O2. The number of aliphatic hydroxyl groups is 2. The molecule has 5 nitrogen and oxygen atoms in total. The molecule has 1 saturated heterocycles. The lowest BCUT2D eigenvalue weighted by Crippen LogP contribution is -2.21. The van der Waals surface area contributed by atoms with Crippen molar-refractivity contribution in [1.82, 2.24) is 10.2 Å². The van der Waals surface area contributed by atoms with Crippen molar-refractivity contribution in [2.24, 2.45) is 0 Å². The third-order valence-electron chi connectivity index (χ3n) is 1.99. The molecule has 13 heavy (non-hydrogen) atoms. The van der Waals surface area contributed by atoms with Gasteiger partial charge in [-0.1, -0.05) is 0 Å². The topological polar surface area (TPSA) is 72.4 Å². The van der Waals surface area contributed by atoms with Gasteiger partial charge in [0.1, 0.15) is 5.82 Å². The number of β-amino-alcohol motifs (C(OH)–C–C–N with tert-alkyl or cyclic N) is 1. The van der Waals surface area contributed by atoms with Crippen molar-refractivity contribution < 1.29 is 10.2 Å². The smallest absolute Gasteiger partial charge is 0.124 e. The minimum Gasteiger partial charge on any atom is -0.400 e. The van der Waals surface area contributed by atoms with Gasteiger partial charge in [0.25, 0.3) is 0 Å². The molecule has 1 fully saturated rings. The van der Waals surface area contributed by atoms with Crippen molar-refractivity contribution in [2.45, 2.75) is 12.5 Å². The van der Waals surface area contributed by atoms with Crippen LogP contribution < -0.4 is 4.90 Å². The van der Waals surface area contributed by atoms with Gasteiger partial charge in [-0.05, 0) is 6.42 Å². The van der Waals surface area contributed by atoms with Gasteiger partial charge in [0.2, 0.25) is 0 Å². The number of hydrogen-bond donors (Lipinski definition) is 3. The Balaban J connectivity index is 0.000000396. The van der Waals surface area contributed by atoms with E-state index in [2.05, 4.69) is 15.1 Å². The zero-order valence-corrected chi connectivity index (χ0v) is 7.64. The number of nitrogens with zero attached hydrogens (tertiary/aromatic N) is 2. The van der Waals surface area contributed by atoms with Crippen molar-refractivity contribution in [3.63, 3.8) is 0 Å². The van der Waals surface area contributed by atoms with Gasteiger partial charge in [0.05, 0.1) is 12.3 Å². The van der Waals surface area contributed by atoms with Gasteiger partial charge in [0.15, 0.2) is 0 Å². The normalized spacial score (nSPS) is 21.2. The molecule has 2 rings (SSSR count). The molecule has 3 N–H and O–H groups in total. The van der Waals surface area contributed by atoms with Crippen LogP contribution in [-0.4, -0.2) is 46.7 Å². The van der Waals surface area contributed by atoms with Crippen LogP contribution in [0.4, 0.5) is 5.82 Å². The zero-order valence-electron chi connectivity index (χ0n) is 7.64. The van der Waals surface area contributed by atoms with E-state index in [1.807, 2.05) is 6.07 Å². The molecule has 0 amide bonds. The van der Waals surface area contributed by atoms with Gasteiger partial charge in [-0.2, -0.15) is 5.10 Å². The summed E-state index contributed by atoms with van der Waals surface area (Å²) in [5, 5.41) is 22.9. The molecule has 1 aliphatic heterocycles. The van der Waals surface area contributed by atoms with Crippen LogP contribution in [-0.2, 0) is 0 Å². The Kier molecular flexibility index (Phi) is 3.72. The Hall–Kier alpha value is -1.07. The molecular weight excluding hydrogens is 170 g/mol. The third kappa shape index (κ3) is 2.43. The van der Waals surface area contributed by atoms with Gasteiger partial charge in [-0.3, -0.25) is 5.10 Å². The van der Waals surface area contributed by atoms with E-state index in [9.17, 15) is 5.11 Å². The maximum atomic E-state index is 9.22. The van der Waals surface area contributed by atoms with Crippen molar-refractivity contribution in [3.05, 3.63) is 12.3 Å². The first kappa shape index (κ1) is 10.0. The number of rotatable bonds is 1. The largest absolute Gasteiger partial charge is 0.400 e. The minimum absolute atomic E-state index is 0.168. The summed E-state index contributed by atoms with van der Waals surface area (Å²) in [5.41, 5.74) is 0. The molecule has 0 aliphatic carbocycles. The second-order valence-electron chi connectivity index (χ2n) is 2.83. The van der Waals surface area contributed by atoms with Gasteiger partial charge < -0.3 is 15.1 Å². The average molecular weight is 185 g/mol. The highest BCUT2D eigenvalue weighted by atomic mass is 16.3. The Morgan fingerprint density at radius 2 is 2.38 bits per heavy atom. The van der Waals surface area contributed by atoms with E-state index in [-0.39, 0.29) is 6.10 Å². The maximum absolute atomic E-state index is 9.22. The highest BCUT2D eigenvalue weighted by molar-refractivity contribution is 5.37. The molecule has 1 aliphatic rings. The average Bonchev–Trinajstić information content (AvgIpc) is 2.77. The van der Waals surface area contributed by atoms with Crippen LogP contribution in [0.15, 0.2) is 12.3 Å². The van der Waals surface area contributed by atoms with E-state index in [1.54, 1.807) is 6.20 Å². The van der Waals surface area contributed by atoms with Gasteiger partial charge >= 0.3 is 0 Å². The Bertz CT molecular complexity index is 225. The number of aromatic nitrogens is 2. The number of anilines is 1. The van der Waals surface area contributed by atoms with Gasteiger partial charge in [-0.25, -0.2) is 0 Å². The van der Waals surface area contributed by atoms with E-state index in [1.165, 1.54) is 0 Å². The Morgan fingerprint density at radius 3 is 2.85 bits per heavy atom. The van der Waals surface area contributed by atoms with Crippen molar-refractivity contribution in [3.8, 4) is 0 Å². The maximum Gasteiger partial charge on any atom is 0.124 e. The number of hydrogen-bond acceptors (Lipinski definition) is 4. The number of nitrogens with one attached hydrogen (secondary N) is 1. The first-order valence-corrected chi connectivity index (χ1v) is 4.23. The van der Waals surface area contributed by atoms with E-state index in [4.69, 9.17) is 5.11 Å². The predicted octanol–water partition coefficient (Wildman–Crippen LogP) is -0.411. The SMILES string of the molecule is CO.OC1CCN(c2ccn[nH]2)C1. The van der Waals surface area contributed by atoms with Crippen LogP contribution in [0.25, 0.3) is 0 Å². The van der Waals surface area contributed by atoms with Crippen LogP contribution in [0, 0.1) is 0 Å². The van der Waals surface area contributed by atoms with E-state index >= 15 is 0 Å². The Morgan fingerprint density at radius 1 is 1.62 bits per heavy atom. The van der Waals surface area contributed by atoms with Crippen molar-refractivity contribution in [2.75, 3.05) is 25.1 Å². The molecule has 1 aromatic rings. The summed E-state index contributed by atoms with van der Waals surface area (Å²) in [4.78, 5) is 2.09. The minimum atomic E-state index is -0.168. The summed E-state index contributed by atoms with van der Waals surface area (Å²) in [6.45, 7) is 1.64. The monoisotopic (exact) mass is 185 g/mol. The summed E-state index contributed by atoms with van der Waals surface area (Å²) in [7, 11) is 1.00. The van der Waals surface area contributed by atoms with Crippen LogP contribution in [0.3, 0.4) is 0 Å². The van der Waals surface area contributed by atoms with E-state index < -0.39 is 0 Å². The standard InChI is InChI=1S/C7H11N3O.CH4O/c11-6-2-4-10(5-6)7-1-3-8-9-7;1-2/h1,3,6,11H,2,4-5H2,(H,8,9);2H,1H3. The fraction of sp³-hybridized carbons (Fsp3) is 0.625. The summed E-state index contributed by atoms with van der Waals surface area (Å²) in [6, 6.07) is 1.91. The predicted molar refractivity (Wildman–Crippen MR) is 49.6 cm³/mol. The molecule has 74 valence electrons. The summed E-state index contributed by atoms with van der Waals surface area (Å²) in [5.74, 6) is 1.00. The zero-order chi connectivity index (χ0) is 9.68. The molecule has 2 heterocycles. The lowest BCUT2D eigenvalue weighted by Gasteiger charge is -2.13. The quantitative estimate of drug-likeness (QED) is 0.556. The molecule has 1 unspecified atom stereocenters. The second-order valence-corrected chi connectivity index (χ2v) is 2.83. The first-order chi connectivity index (χ1) is 6.36. The molecule has 0 spiro atoms. The molecule has 0 bridgehead atoms. The van der Waals surface area contributed by atoms with Gasteiger partial charge in [-0.15, -0.1) is 0 Å². The van der Waals surface area contributed by atoms with E-state index in [0.717, 1.165) is 32.4 Å². The number of aromatic amines is 1. The number of aliphatic hydroxyl groups excluding tert-OH is 2. The summed E-state index contributed by atoms with van der Waals surface area (Å²) in [6.07, 6.45) is 2.41. The fourth-order valence-electron chi connectivity index (χ4n) is 1.39. The first-order valence-electron chi connectivity index (χ1n) is 4.23. The molecule has 1 atom stereocenters. The second kappa shape index (κ2) is 4.84. The van der Waals surface area contributed by atoms with E-state index in [0.29, 0.717) is 0 Å². The fourth-order valence-corrected chi connectivity index (χ4v) is 1.39.